The second-order valence-electron chi connectivity index (χ2n) is 7.83. The molecular weight excluding hydrogens is 527 g/mol. The van der Waals surface area contributed by atoms with Crippen LogP contribution < -0.4 is 16.0 Å². The molecule has 37 heavy (non-hydrogen) atoms. The monoisotopic (exact) mass is 545 g/mol. The highest BCUT2D eigenvalue weighted by Gasteiger charge is 2.30. The van der Waals surface area contributed by atoms with Crippen LogP contribution >= 0.6 is 22.9 Å². The van der Waals surface area contributed by atoms with Crippen LogP contribution in [0.3, 0.4) is 0 Å². The van der Waals surface area contributed by atoms with Gasteiger partial charge in [0.25, 0.3) is 0 Å². The van der Waals surface area contributed by atoms with Crippen molar-refractivity contribution in [1.29, 1.82) is 0 Å². The number of anilines is 2. The van der Waals surface area contributed by atoms with Gasteiger partial charge in [-0.25, -0.2) is 4.79 Å². The van der Waals surface area contributed by atoms with Gasteiger partial charge in [0.1, 0.15) is 11.0 Å². The lowest BCUT2D eigenvalue weighted by atomic mass is 10.1. The number of hydrogen-bond donors (Lipinski definition) is 3. The fourth-order valence-corrected chi connectivity index (χ4v) is 4.30. The molecular formula is C25H19ClF3N5O2S. The van der Waals surface area contributed by atoms with Gasteiger partial charge in [-0.1, -0.05) is 71.5 Å². The first-order valence-corrected chi connectivity index (χ1v) is 12.1. The van der Waals surface area contributed by atoms with Crippen molar-refractivity contribution >= 4 is 45.7 Å². The first kappa shape index (κ1) is 26.1. The minimum Gasteiger partial charge on any atom is -0.326 e. The number of nitrogens with zero attached hydrogens (tertiary/aromatic N) is 2. The minimum atomic E-state index is -4.56. The van der Waals surface area contributed by atoms with Crippen molar-refractivity contribution in [3.05, 3.63) is 95.0 Å². The summed E-state index contributed by atoms with van der Waals surface area (Å²) in [6, 6.07) is 18.3. The molecule has 4 rings (SSSR count). The lowest BCUT2D eigenvalue weighted by molar-refractivity contribution is -0.137. The fraction of sp³-hybridized carbons (Fsp3) is 0.120. The number of hydrogen-bond acceptors (Lipinski definition) is 5. The smallest absolute Gasteiger partial charge is 0.326 e. The van der Waals surface area contributed by atoms with Gasteiger partial charge in [0.2, 0.25) is 11.0 Å². The molecule has 0 saturated heterocycles. The summed E-state index contributed by atoms with van der Waals surface area (Å²) in [5, 5.41) is 16.9. The molecule has 12 heteroatoms. The Kier molecular flexibility index (Phi) is 8.04. The largest absolute Gasteiger partial charge is 0.416 e. The van der Waals surface area contributed by atoms with Gasteiger partial charge in [0.15, 0.2) is 0 Å². The second kappa shape index (κ2) is 11.4. The average molecular weight is 546 g/mol. The molecule has 0 fully saturated rings. The topological polar surface area (TPSA) is 96.0 Å². The summed E-state index contributed by atoms with van der Waals surface area (Å²) in [6.07, 6.45) is -4.43. The summed E-state index contributed by atoms with van der Waals surface area (Å²) in [7, 11) is 0. The number of rotatable bonds is 7. The van der Waals surface area contributed by atoms with Crippen molar-refractivity contribution in [2.75, 3.05) is 10.6 Å². The summed E-state index contributed by atoms with van der Waals surface area (Å²) in [5.41, 5.74) is 0.515. The number of benzene rings is 3. The molecule has 3 amide bonds. The van der Waals surface area contributed by atoms with Crippen LogP contribution in [-0.2, 0) is 17.4 Å². The van der Waals surface area contributed by atoms with Crippen LogP contribution in [0.5, 0.6) is 0 Å². The van der Waals surface area contributed by atoms with Gasteiger partial charge in [0.05, 0.1) is 5.56 Å². The Hall–Kier alpha value is -3.96. The Morgan fingerprint density at radius 2 is 1.68 bits per heavy atom. The van der Waals surface area contributed by atoms with Crippen LogP contribution in [0.25, 0.3) is 10.6 Å². The van der Waals surface area contributed by atoms with E-state index in [9.17, 15) is 22.8 Å². The molecule has 3 aromatic carbocycles. The standard InChI is InChI=1S/C25H19ClF3N5O2S/c26-18-10-4-8-16(13-18)22-33-34-24(37-22)32-21(35)20(12-15-6-2-1-3-7-15)31-23(36)30-19-11-5-9-17(14-19)25(27,28)29/h1-11,13-14,20H,12H2,(H2,30,31,36)(H,32,34,35)/t20-/m0/s1. The quantitative estimate of drug-likeness (QED) is 0.256. The van der Waals surface area contributed by atoms with Crippen molar-refractivity contribution in [3.63, 3.8) is 0 Å². The fourth-order valence-electron chi connectivity index (χ4n) is 3.36. The van der Waals surface area contributed by atoms with E-state index >= 15 is 0 Å². The minimum absolute atomic E-state index is 0.0681. The van der Waals surface area contributed by atoms with Crippen molar-refractivity contribution in [1.82, 2.24) is 15.5 Å². The summed E-state index contributed by atoms with van der Waals surface area (Å²) < 4.78 is 39.0. The predicted octanol–water partition coefficient (Wildman–Crippen LogP) is 6.25. The van der Waals surface area contributed by atoms with Gasteiger partial charge in [-0.3, -0.25) is 10.1 Å². The third-order valence-corrected chi connectivity index (χ3v) is 6.20. The summed E-state index contributed by atoms with van der Waals surface area (Å²) in [5.74, 6) is -0.572. The van der Waals surface area contributed by atoms with Gasteiger partial charge in [-0.05, 0) is 35.9 Å². The Morgan fingerprint density at radius 3 is 2.41 bits per heavy atom. The molecule has 0 aliphatic heterocycles. The molecule has 0 aliphatic rings. The Labute approximate surface area is 218 Å². The van der Waals surface area contributed by atoms with Crippen LogP contribution in [0.4, 0.5) is 28.8 Å². The molecule has 0 aliphatic carbocycles. The molecule has 4 aromatic rings. The Bertz CT molecular complexity index is 1400. The number of aromatic nitrogens is 2. The zero-order valence-electron chi connectivity index (χ0n) is 18.9. The number of urea groups is 1. The van der Waals surface area contributed by atoms with Crippen LogP contribution in [0.2, 0.25) is 5.02 Å². The molecule has 0 saturated carbocycles. The SMILES string of the molecule is O=C(Nc1cccc(C(F)(F)F)c1)N[C@@H](Cc1ccccc1)C(=O)Nc1nnc(-c2cccc(Cl)c2)s1. The van der Waals surface area contributed by atoms with E-state index in [4.69, 9.17) is 11.6 Å². The zero-order chi connectivity index (χ0) is 26.4. The van der Waals surface area contributed by atoms with Gasteiger partial charge in [-0.15, -0.1) is 10.2 Å². The van der Waals surface area contributed by atoms with E-state index in [2.05, 4.69) is 26.1 Å². The van der Waals surface area contributed by atoms with E-state index < -0.39 is 29.7 Å². The van der Waals surface area contributed by atoms with E-state index in [1.165, 1.54) is 12.1 Å². The number of amides is 3. The summed E-state index contributed by atoms with van der Waals surface area (Å²) in [6.45, 7) is 0. The van der Waals surface area contributed by atoms with Gasteiger partial charge >= 0.3 is 12.2 Å². The van der Waals surface area contributed by atoms with Crippen molar-refractivity contribution < 1.29 is 22.8 Å². The van der Waals surface area contributed by atoms with E-state index in [1.54, 1.807) is 48.5 Å². The van der Waals surface area contributed by atoms with Crippen LogP contribution in [-0.4, -0.2) is 28.2 Å². The number of halogens is 4. The molecule has 1 aromatic heterocycles. The lowest BCUT2D eigenvalue weighted by Crippen LogP contribution is -2.46. The molecule has 0 radical (unpaired) electrons. The maximum atomic E-state index is 13.1. The molecule has 3 N–H and O–H groups in total. The van der Waals surface area contributed by atoms with Crippen molar-refractivity contribution in [2.45, 2.75) is 18.6 Å². The number of carbonyl (C=O) groups excluding carboxylic acids is 2. The Balaban J connectivity index is 1.48. The Morgan fingerprint density at radius 1 is 0.919 bits per heavy atom. The predicted molar refractivity (Wildman–Crippen MR) is 137 cm³/mol. The first-order valence-electron chi connectivity index (χ1n) is 10.9. The van der Waals surface area contributed by atoms with Crippen LogP contribution in [0.1, 0.15) is 11.1 Å². The average Bonchev–Trinajstić information content (AvgIpc) is 3.32. The molecule has 0 bridgehead atoms. The van der Waals surface area contributed by atoms with E-state index in [0.717, 1.165) is 34.6 Å². The normalized spacial score (nSPS) is 12.0. The number of carbonyl (C=O) groups is 2. The molecule has 7 nitrogen and oxygen atoms in total. The lowest BCUT2D eigenvalue weighted by Gasteiger charge is -2.18. The van der Waals surface area contributed by atoms with Crippen LogP contribution in [0, 0.1) is 0 Å². The third-order valence-electron chi connectivity index (χ3n) is 5.08. The molecule has 0 unspecified atom stereocenters. The van der Waals surface area contributed by atoms with Crippen LogP contribution in [0.15, 0.2) is 78.9 Å². The zero-order valence-corrected chi connectivity index (χ0v) is 20.5. The number of alkyl halides is 3. The molecule has 0 spiro atoms. The van der Waals surface area contributed by atoms with E-state index in [1.807, 2.05) is 6.07 Å². The highest BCUT2D eigenvalue weighted by Crippen LogP contribution is 2.31. The van der Waals surface area contributed by atoms with Gasteiger partial charge in [-0.2, -0.15) is 13.2 Å². The second-order valence-corrected chi connectivity index (χ2v) is 9.25. The molecule has 1 heterocycles. The number of nitrogens with one attached hydrogen (secondary N) is 3. The molecule has 190 valence electrons. The first-order chi connectivity index (χ1) is 17.7. The highest BCUT2D eigenvalue weighted by molar-refractivity contribution is 7.18. The maximum Gasteiger partial charge on any atom is 0.416 e. The van der Waals surface area contributed by atoms with Gasteiger partial charge in [0, 0.05) is 22.7 Å². The van der Waals surface area contributed by atoms with E-state index in [-0.39, 0.29) is 17.2 Å². The van der Waals surface area contributed by atoms with Crippen molar-refractivity contribution in [3.8, 4) is 10.6 Å². The molecule has 1 atom stereocenters. The maximum absolute atomic E-state index is 13.1. The third kappa shape index (κ3) is 7.28. The van der Waals surface area contributed by atoms with Crippen molar-refractivity contribution in [2.24, 2.45) is 0 Å². The van der Waals surface area contributed by atoms with Gasteiger partial charge < -0.3 is 10.6 Å². The summed E-state index contributed by atoms with van der Waals surface area (Å²) >= 11 is 7.15. The van der Waals surface area contributed by atoms with E-state index in [0.29, 0.717) is 10.0 Å². The highest BCUT2D eigenvalue weighted by atomic mass is 35.5. The summed E-state index contributed by atoms with van der Waals surface area (Å²) in [4.78, 5) is 25.7.